The summed E-state index contributed by atoms with van der Waals surface area (Å²) in [6.07, 6.45) is 5.48. The molecule has 1 fully saturated rings. The SMILES string of the molecule is CN(CC1CCCN1C)C(=O)c1cnccc1N. The number of carbonyl (C=O) groups excluding carboxylic acids is 1. The quantitative estimate of drug-likeness (QED) is 0.860. The standard InChI is InChI=1S/C13H20N4O/c1-16-7-3-4-10(16)9-17(2)13(18)11-8-15-6-5-12(11)14/h5-6,8,10H,3-4,7,9H2,1-2H3,(H2,14,15). The topological polar surface area (TPSA) is 62.5 Å². The van der Waals surface area contributed by atoms with Crippen LogP contribution in [0.15, 0.2) is 18.5 Å². The normalized spacial score (nSPS) is 20.0. The number of carbonyl (C=O) groups is 1. The maximum Gasteiger partial charge on any atom is 0.257 e. The second-order valence-electron chi connectivity index (χ2n) is 4.93. The van der Waals surface area contributed by atoms with Gasteiger partial charge in [0.15, 0.2) is 0 Å². The summed E-state index contributed by atoms with van der Waals surface area (Å²) >= 11 is 0. The van der Waals surface area contributed by atoms with Gasteiger partial charge in [0.2, 0.25) is 0 Å². The van der Waals surface area contributed by atoms with E-state index in [-0.39, 0.29) is 5.91 Å². The lowest BCUT2D eigenvalue weighted by Crippen LogP contribution is -2.39. The largest absolute Gasteiger partial charge is 0.398 e. The number of hydrogen-bond donors (Lipinski definition) is 1. The molecule has 2 N–H and O–H groups in total. The highest BCUT2D eigenvalue weighted by Gasteiger charge is 2.24. The molecule has 5 heteroatoms. The second kappa shape index (κ2) is 5.35. The third kappa shape index (κ3) is 2.61. The van der Waals surface area contributed by atoms with Crippen molar-refractivity contribution in [3.63, 3.8) is 0 Å². The van der Waals surface area contributed by atoms with Crippen molar-refractivity contribution < 1.29 is 4.79 Å². The maximum absolute atomic E-state index is 12.2. The van der Waals surface area contributed by atoms with Crippen molar-refractivity contribution in [1.82, 2.24) is 14.8 Å². The fourth-order valence-electron chi connectivity index (χ4n) is 2.40. The van der Waals surface area contributed by atoms with Gasteiger partial charge in [-0.25, -0.2) is 0 Å². The van der Waals surface area contributed by atoms with Crippen LogP contribution in [0.5, 0.6) is 0 Å². The van der Waals surface area contributed by atoms with Gasteiger partial charge in [0.05, 0.1) is 5.56 Å². The van der Waals surface area contributed by atoms with Gasteiger partial charge in [-0.3, -0.25) is 9.78 Å². The van der Waals surface area contributed by atoms with Gasteiger partial charge >= 0.3 is 0 Å². The van der Waals surface area contributed by atoms with Gasteiger partial charge in [0.1, 0.15) is 0 Å². The molecule has 5 nitrogen and oxygen atoms in total. The summed E-state index contributed by atoms with van der Waals surface area (Å²) in [5.74, 6) is -0.0547. The van der Waals surface area contributed by atoms with Gasteiger partial charge in [-0.05, 0) is 32.5 Å². The number of aromatic nitrogens is 1. The molecule has 0 saturated carbocycles. The van der Waals surface area contributed by atoms with Gasteiger partial charge in [0.25, 0.3) is 5.91 Å². The molecule has 0 bridgehead atoms. The van der Waals surface area contributed by atoms with Gasteiger partial charge in [0, 0.05) is 37.7 Å². The number of hydrogen-bond acceptors (Lipinski definition) is 4. The van der Waals surface area contributed by atoms with E-state index in [1.165, 1.54) is 12.6 Å². The Morgan fingerprint density at radius 3 is 3.06 bits per heavy atom. The lowest BCUT2D eigenvalue weighted by Gasteiger charge is -2.26. The average molecular weight is 248 g/mol. The van der Waals surface area contributed by atoms with Crippen molar-refractivity contribution in [2.45, 2.75) is 18.9 Å². The molecule has 18 heavy (non-hydrogen) atoms. The lowest BCUT2D eigenvalue weighted by molar-refractivity contribution is 0.0762. The number of nitrogens with two attached hydrogens (primary N) is 1. The first-order valence-corrected chi connectivity index (χ1v) is 6.25. The van der Waals surface area contributed by atoms with Crippen LogP contribution in [-0.4, -0.2) is 53.9 Å². The summed E-state index contributed by atoms with van der Waals surface area (Å²) in [5, 5.41) is 0. The molecule has 2 heterocycles. The molecular formula is C13H20N4O. The molecule has 1 saturated heterocycles. The molecule has 2 rings (SSSR count). The van der Waals surface area contributed by atoms with E-state index >= 15 is 0 Å². The highest BCUT2D eigenvalue weighted by molar-refractivity contribution is 5.98. The van der Waals surface area contributed by atoms with Crippen LogP contribution in [-0.2, 0) is 0 Å². The lowest BCUT2D eigenvalue weighted by atomic mass is 10.1. The van der Waals surface area contributed by atoms with E-state index in [4.69, 9.17) is 5.73 Å². The Hall–Kier alpha value is -1.62. The van der Waals surface area contributed by atoms with E-state index in [9.17, 15) is 4.79 Å². The molecule has 1 unspecified atom stereocenters. The van der Waals surface area contributed by atoms with E-state index < -0.39 is 0 Å². The number of rotatable bonds is 3. The summed E-state index contributed by atoms with van der Waals surface area (Å²) in [4.78, 5) is 20.2. The first-order chi connectivity index (χ1) is 8.59. The predicted octanol–water partition coefficient (Wildman–Crippen LogP) is 0.830. The zero-order valence-electron chi connectivity index (χ0n) is 11.0. The zero-order valence-corrected chi connectivity index (χ0v) is 11.0. The third-order valence-corrected chi connectivity index (χ3v) is 3.59. The molecule has 0 aromatic carbocycles. The molecule has 1 aliphatic rings. The fourth-order valence-corrected chi connectivity index (χ4v) is 2.40. The summed E-state index contributed by atoms with van der Waals surface area (Å²) in [7, 11) is 3.93. The summed E-state index contributed by atoms with van der Waals surface area (Å²) in [5.41, 5.74) is 6.77. The van der Waals surface area contributed by atoms with Crippen LogP contribution < -0.4 is 5.73 Å². The van der Waals surface area contributed by atoms with Gasteiger partial charge in [-0.1, -0.05) is 0 Å². The Labute approximate surface area is 108 Å². The Morgan fingerprint density at radius 2 is 2.44 bits per heavy atom. The van der Waals surface area contributed by atoms with E-state index in [1.54, 1.807) is 17.2 Å². The number of amides is 1. The first-order valence-electron chi connectivity index (χ1n) is 6.25. The Morgan fingerprint density at radius 1 is 1.67 bits per heavy atom. The van der Waals surface area contributed by atoms with E-state index in [0.717, 1.165) is 19.5 Å². The Kier molecular flexibility index (Phi) is 3.81. The van der Waals surface area contributed by atoms with E-state index in [1.807, 2.05) is 7.05 Å². The van der Waals surface area contributed by atoms with Crippen LogP contribution in [0.2, 0.25) is 0 Å². The highest BCUT2D eigenvalue weighted by atomic mass is 16.2. The minimum absolute atomic E-state index is 0.0547. The van der Waals surface area contributed by atoms with Crippen molar-refractivity contribution in [2.75, 3.05) is 32.9 Å². The molecule has 1 amide bonds. The minimum atomic E-state index is -0.0547. The highest BCUT2D eigenvalue weighted by Crippen LogP contribution is 2.17. The maximum atomic E-state index is 12.2. The van der Waals surface area contributed by atoms with Crippen LogP contribution in [0.4, 0.5) is 5.69 Å². The monoisotopic (exact) mass is 248 g/mol. The van der Waals surface area contributed by atoms with Crippen LogP contribution >= 0.6 is 0 Å². The number of anilines is 1. The van der Waals surface area contributed by atoms with E-state index in [0.29, 0.717) is 17.3 Å². The third-order valence-electron chi connectivity index (χ3n) is 3.59. The fraction of sp³-hybridized carbons (Fsp3) is 0.538. The first kappa shape index (κ1) is 12.8. The van der Waals surface area contributed by atoms with Crippen molar-refractivity contribution >= 4 is 11.6 Å². The van der Waals surface area contributed by atoms with Crippen molar-refractivity contribution in [1.29, 1.82) is 0 Å². The van der Waals surface area contributed by atoms with Crippen LogP contribution in [0.3, 0.4) is 0 Å². The van der Waals surface area contributed by atoms with Gasteiger partial charge in [-0.2, -0.15) is 0 Å². The number of likely N-dealkylation sites (N-methyl/N-ethyl adjacent to an activating group) is 2. The molecule has 0 radical (unpaired) electrons. The summed E-state index contributed by atoms with van der Waals surface area (Å²) < 4.78 is 0. The number of nitrogen functional groups attached to an aromatic ring is 1. The number of nitrogens with zero attached hydrogens (tertiary/aromatic N) is 3. The van der Waals surface area contributed by atoms with Crippen LogP contribution in [0, 0.1) is 0 Å². The van der Waals surface area contributed by atoms with Crippen molar-refractivity contribution in [3.05, 3.63) is 24.0 Å². The smallest absolute Gasteiger partial charge is 0.257 e. The minimum Gasteiger partial charge on any atom is -0.398 e. The predicted molar refractivity (Wildman–Crippen MR) is 71.3 cm³/mol. The molecule has 0 aliphatic carbocycles. The summed E-state index contributed by atoms with van der Waals surface area (Å²) in [6, 6.07) is 2.11. The van der Waals surface area contributed by atoms with E-state index in [2.05, 4.69) is 16.9 Å². The molecule has 98 valence electrons. The molecular weight excluding hydrogens is 228 g/mol. The molecule has 1 atom stereocenters. The molecule has 1 aliphatic heterocycles. The van der Waals surface area contributed by atoms with Crippen molar-refractivity contribution in [3.8, 4) is 0 Å². The second-order valence-corrected chi connectivity index (χ2v) is 4.93. The summed E-state index contributed by atoms with van der Waals surface area (Å²) in [6.45, 7) is 1.85. The van der Waals surface area contributed by atoms with Gasteiger partial charge in [-0.15, -0.1) is 0 Å². The van der Waals surface area contributed by atoms with Crippen LogP contribution in [0.1, 0.15) is 23.2 Å². The molecule has 1 aromatic rings. The Bertz CT molecular complexity index is 435. The zero-order chi connectivity index (χ0) is 13.1. The number of pyridine rings is 1. The van der Waals surface area contributed by atoms with Gasteiger partial charge < -0.3 is 15.5 Å². The number of likely N-dealkylation sites (tertiary alicyclic amines) is 1. The Balaban J connectivity index is 2.03. The average Bonchev–Trinajstić information content (AvgIpc) is 2.75. The molecule has 1 aromatic heterocycles. The van der Waals surface area contributed by atoms with Crippen LogP contribution in [0.25, 0.3) is 0 Å². The molecule has 0 spiro atoms. The van der Waals surface area contributed by atoms with Crippen molar-refractivity contribution in [2.24, 2.45) is 0 Å².